The van der Waals surface area contributed by atoms with Crippen molar-refractivity contribution in [3.8, 4) is 0 Å². The Morgan fingerprint density at radius 3 is 2.24 bits per heavy atom. The fourth-order valence-electron chi connectivity index (χ4n) is 4.79. The normalized spacial score (nSPS) is 26.1. The fourth-order valence-corrected chi connectivity index (χ4v) is 10.4. The Balaban J connectivity index is 2.09. The van der Waals surface area contributed by atoms with Gasteiger partial charge in [0.2, 0.25) is 0 Å². The van der Waals surface area contributed by atoms with E-state index in [-0.39, 0.29) is 0 Å². The maximum Gasteiger partial charge on any atom is 0.114 e. The second-order valence-corrected chi connectivity index (χ2v) is 11.5. The van der Waals surface area contributed by atoms with E-state index < -0.39 is 8.07 Å². The summed E-state index contributed by atoms with van der Waals surface area (Å²) in [6.45, 7) is 7.40. The molecule has 0 bridgehead atoms. The number of hydrogen-bond donors (Lipinski definition) is 0. The van der Waals surface area contributed by atoms with Crippen LogP contribution in [-0.2, 0) is 0 Å². The van der Waals surface area contributed by atoms with Gasteiger partial charge in [0.05, 0.1) is 0 Å². The van der Waals surface area contributed by atoms with E-state index in [2.05, 4.69) is 62.9 Å². The van der Waals surface area contributed by atoms with E-state index in [4.69, 9.17) is 0 Å². The first-order valence-electron chi connectivity index (χ1n) is 8.59. The summed E-state index contributed by atoms with van der Waals surface area (Å²) in [4.78, 5) is 0. The maximum absolute atomic E-state index is 2.65. The molecule has 3 rings (SSSR count). The molecule has 2 atom stereocenters. The first kappa shape index (κ1) is 14.8. The first-order chi connectivity index (χ1) is 10.1. The summed E-state index contributed by atoms with van der Waals surface area (Å²) in [5.74, 6) is 0.642. The van der Waals surface area contributed by atoms with Crippen LogP contribution >= 0.6 is 0 Å². The van der Waals surface area contributed by atoms with Gasteiger partial charge in [0.1, 0.15) is 8.07 Å². The number of rotatable bonds is 3. The SMILES string of the molecule is CC1=C([Si](C)(c2ccccc2)C2CCCCC2)C(C)C=C1. The predicted molar refractivity (Wildman–Crippen MR) is 95.5 cm³/mol. The predicted octanol–water partition coefficient (Wildman–Crippen LogP) is 5.37. The summed E-state index contributed by atoms with van der Waals surface area (Å²) < 4.78 is 0. The zero-order chi connectivity index (χ0) is 14.9. The van der Waals surface area contributed by atoms with Gasteiger partial charge < -0.3 is 0 Å². The van der Waals surface area contributed by atoms with Gasteiger partial charge in [-0.1, -0.05) is 104 Å². The lowest BCUT2D eigenvalue weighted by Gasteiger charge is -2.42. The molecule has 0 N–H and O–H groups in total. The Hall–Kier alpha value is -1.08. The van der Waals surface area contributed by atoms with Gasteiger partial charge in [0, 0.05) is 0 Å². The Bertz CT molecular complexity index is 548. The molecule has 0 radical (unpaired) electrons. The van der Waals surface area contributed by atoms with Gasteiger partial charge >= 0.3 is 0 Å². The molecule has 1 fully saturated rings. The third kappa shape index (κ3) is 2.57. The largest absolute Gasteiger partial charge is 0.114 e. The molecule has 0 amide bonds. The van der Waals surface area contributed by atoms with Crippen LogP contribution in [-0.4, -0.2) is 8.07 Å². The summed E-state index contributed by atoms with van der Waals surface area (Å²) in [7, 11) is -1.60. The van der Waals surface area contributed by atoms with E-state index in [0.717, 1.165) is 5.54 Å². The molecule has 1 heteroatoms. The Morgan fingerprint density at radius 2 is 1.67 bits per heavy atom. The molecular weight excluding hydrogens is 268 g/mol. The molecule has 0 aliphatic heterocycles. The van der Waals surface area contributed by atoms with Gasteiger partial charge in [-0.2, -0.15) is 0 Å². The smallest absolute Gasteiger partial charge is 0.0777 e. The Morgan fingerprint density at radius 1 is 1.00 bits per heavy atom. The summed E-state index contributed by atoms with van der Waals surface area (Å²) in [5, 5.41) is 3.46. The van der Waals surface area contributed by atoms with E-state index in [0.29, 0.717) is 5.92 Å². The van der Waals surface area contributed by atoms with Crippen LogP contribution in [0.25, 0.3) is 0 Å². The van der Waals surface area contributed by atoms with E-state index in [9.17, 15) is 0 Å². The van der Waals surface area contributed by atoms with Gasteiger partial charge in [-0.05, 0) is 18.4 Å². The molecule has 21 heavy (non-hydrogen) atoms. The van der Waals surface area contributed by atoms with E-state index in [1.54, 1.807) is 16.0 Å². The maximum atomic E-state index is 2.65. The van der Waals surface area contributed by atoms with Crippen molar-refractivity contribution in [2.45, 2.75) is 58.0 Å². The lowest BCUT2D eigenvalue weighted by atomic mass is 10.0. The molecule has 2 unspecified atom stereocenters. The van der Waals surface area contributed by atoms with E-state index in [1.807, 2.05) is 0 Å². The van der Waals surface area contributed by atoms with Gasteiger partial charge in [-0.15, -0.1) is 0 Å². The second-order valence-electron chi connectivity index (χ2n) is 7.15. The highest BCUT2D eigenvalue weighted by Crippen LogP contribution is 2.45. The van der Waals surface area contributed by atoms with Crippen LogP contribution in [0.5, 0.6) is 0 Å². The zero-order valence-corrected chi connectivity index (χ0v) is 14.7. The molecule has 2 aliphatic carbocycles. The van der Waals surface area contributed by atoms with Crippen LogP contribution < -0.4 is 5.19 Å². The molecule has 0 heterocycles. The molecule has 112 valence electrons. The van der Waals surface area contributed by atoms with Crippen LogP contribution in [0.4, 0.5) is 0 Å². The number of hydrogen-bond acceptors (Lipinski definition) is 0. The van der Waals surface area contributed by atoms with Crippen LogP contribution in [0, 0.1) is 5.92 Å². The van der Waals surface area contributed by atoms with Gasteiger partial charge in [-0.3, -0.25) is 0 Å². The molecule has 0 nitrogen and oxygen atoms in total. The summed E-state index contributed by atoms with van der Waals surface area (Å²) in [5.41, 5.74) is 2.49. The number of benzene rings is 1. The zero-order valence-electron chi connectivity index (χ0n) is 13.7. The molecule has 1 aromatic rings. The quantitative estimate of drug-likeness (QED) is 0.658. The average molecular weight is 297 g/mol. The molecule has 1 saturated carbocycles. The summed E-state index contributed by atoms with van der Waals surface area (Å²) in [6.07, 6.45) is 12.0. The monoisotopic (exact) mass is 296 g/mol. The van der Waals surface area contributed by atoms with Crippen molar-refractivity contribution in [2.75, 3.05) is 0 Å². The first-order valence-corrected chi connectivity index (χ1v) is 11.2. The summed E-state index contributed by atoms with van der Waals surface area (Å²) >= 11 is 0. The van der Waals surface area contributed by atoms with Gasteiger partial charge in [0.15, 0.2) is 0 Å². The minimum Gasteiger partial charge on any atom is -0.0777 e. The average Bonchev–Trinajstić information content (AvgIpc) is 2.88. The van der Waals surface area contributed by atoms with Crippen LogP contribution in [0.15, 0.2) is 53.3 Å². The molecule has 0 saturated heterocycles. The van der Waals surface area contributed by atoms with Crippen LogP contribution in [0.2, 0.25) is 12.1 Å². The summed E-state index contributed by atoms with van der Waals surface area (Å²) in [6, 6.07) is 11.5. The van der Waals surface area contributed by atoms with Crippen molar-refractivity contribution < 1.29 is 0 Å². The van der Waals surface area contributed by atoms with Crippen LogP contribution in [0.1, 0.15) is 46.0 Å². The van der Waals surface area contributed by atoms with Gasteiger partial charge in [-0.25, -0.2) is 0 Å². The molecule has 0 spiro atoms. The van der Waals surface area contributed by atoms with Crippen molar-refractivity contribution in [2.24, 2.45) is 5.92 Å². The van der Waals surface area contributed by atoms with Crippen molar-refractivity contribution >= 4 is 13.3 Å². The highest BCUT2D eigenvalue weighted by Gasteiger charge is 2.44. The van der Waals surface area contributed by atoms with E-state index >= 15 is 0 Å². The highest BCUT2D eigenvalue weighted by molar-refractivity contribution is 6.98. The van der Waals surface area contributed by atoms with Crippen LogP contribution in [0.3, 0.4) is 0 Å². The Labute approximate surface area is 131 Å². The minimum absolute atomic E-state index is 0.642. The van der Waals surface area contributed by atoms with E-state index in [1.165, 1.54) is 32.1 Å². The van der Waals surface area contributed by atoms with Crippen molar-refractivity contribution in [1.82, 2.24) is 0 Å². The van der Waals surface area contributed by atoms with Gasteiger partial charge in [0.25, 0.3) is 0 Å². The minimum atomic E-state index is -1.60. The van der Waals surface area contributed by atoms with Crippen molar-refractivity contribution in [3.05, 3.63) is 53.3 Å². The Kier molecular flexibility index (Phi) is 4.21. The lowest BCUT2D eigenvalue weighted by molar-refractivity contribution is 0.493. The lowest BCUT2D eigenvalue weighted by Crippen LogP contribution is -2.53. The van der Waals surface area contributed by atoms with Crippen molar-refractivity contribution in [1.29, 1.82) is 0 Å². The molecular formula is C20H28Si. The standard InChI is InChI=1S/C20H28Si/c1-16-14-15-17(2)20(16)21(3,18-10-6-4-7-11-18)19-12-8-5-9-13-19/h4,6-7,10-11,14-16,19H,5,8-9,12-13H2,1-3H3. The second kappa shape index (κ2) is 5.96. The number of allylic oxidation sites excluding steroid dienone is 4. The fraction of sp³-hybridized carbons (Fsp3) is 0.500. The van der Waals surface area contributed by atoms with Crippen molar-refractivity contribution in [3.63, 3.8) is 0 Å². The molecule has 0 aromatic heterocycles. The highest BCUT2D eigenvalue weighted by atomic mass is 28.3. The topological polar surface area (TPSA) is 0 Å². The molecule has 1 aromatic carbocycles. The third-order valence-corrected chi connectivity index (χ3v) is 11.6. The third-order valence-electron chi connectivity index (χ3n) is 5.87. The molecule has 2 aliphatic rings.